The van der Waals surface area contributed by atoms with Crippen molar-refractivity contribution >= 4 is 17.5 Å². The Hall–Kier alpha value is -1.06. The number of benzene rings is 1. The van der Waals surface area contributed by atoms with Crippen LogP contribution in [0.15, 0.2) is 24.3 Å². The molecule has 0 bridgehead atoms. The zero-order valence-electron chi connectivity index (χ0n) is 10.5. The zero-order chi connectivity index (χ0) is 12.9. The Morgan fingerprint density at radius 1 is 1.24 bits per heavy atom. The highest BCUT2D eigenvalue weighted by atomic mass is 35.5. The van der Waals surface area contributed by atoms with Gasteiger partial charge in [0.2, 0.25) is 5.91 Å². The first kappa shape index (κ1) is 14.0. The van der Waals surface area contributed by atoms with Crippen LogP contribution < -0.4 is 10.6 Å². The van der Waals surface area contributed by atoms with Crippen LogP contribution in [0, 0.1) is 0 Å². The van der Waals surface area contributed by atoms with E-state index in [1.165, 1.54) is 0 Å². The summed E-state index contributed by atoms with van der Waals surface area (Å²) in [6, 6.07) is 7.57. The summed E-state index contributed by atoms with van der Waals surface area (Å²) in [5.41, 5.74) is 0.928. The van der Waals surface area contributed by atoms with Gasteiger partial charge in [-0.2, -0.15) is 0 Å². The Morgan fingerprint density at radius 3 is 2.35 bits per heavy atom. The van der Waals surface area contributed by atoms with Gasteiger partial charge >= 0.3 is 0 Å². The number of nitrogens with one attached hydrogen (secondary N) is 2. The summed E-state index contributed by atoms with van der Waals surface area (Å²) in [6.45, 7) is 6.87. The molecule has 1 aromatic rings. The molecule has 0 aromatic heterocycles. The molecule has 0 heterocycles. The SMILES string of the molecule is CC(C)(C)NC(=O)CNCc1ccc(Cl)cc1. The minimum atomic E-state index is -0.182. The molecule has 0 aliphatic rings. The molecule has 0 radical (unpaired) electrons. The van der Waals surface area contributed by atoms with Crippen molar-refractivity contribution in [3.05, 3.63) is 34.9 Å². The van der Waals surface area contributed by atoms with E-state index in [2.05, 4.69) is 10.6 Å². The molecule has 0 fully saturated rings. The molecule has 0 saturated carbocycles. The lowest BCUT2D eigenvalue weighted by Gasteiger charge is -2.20. The molecule has 1 amide bonds. The fourth-order valence-electron chi connectivity index (χ4n) is 1.39. The van der Waals surface area contributed by atoms with E-state index in [1.54, 1.807) is 0 Å². The molecule has 17 heavy (non-hydrogen) atoms. The fraction of sp³-hybridized carbons (Fsp3) is 0.462. The molecule has 1 aromatic carbocycles. The van der Waals surface area contributed by atoms with Gasteiger partial charge in [-0.25, -0.2) is 0 Å². The molecule has 2 N–H and O–H groups in total. The van der Waals surface area contributed by atoms with Gasteiger partial charge in [-0.3, -0.25) is 4.79 Å². The lowest BCUT2D eigenvalue weighted by molar-refractivity contribution is -0.121. The molecule has 0 unspecified atom stereocenters. The topological polar surface area (TPSA) is 41.1 Å². The highest BCUT2D eigenvalue weighted by Crippen LogP contribution is 2.08. The van der Waals surface area contributed by atoms with Crippen LogP contribution in [-0.4, -0.2) is 18.0 Å². The maximum Gasteiger partial charge on any atom is 0.234 e. The van der Waals surface area contributed by atoms with Gasteiger partial charge in [0.25, 0.3) is 0 Å². The third kappa shape index (κ3) is 6.29. The van der Waals surface area contributed by atoms with Gasteiger partial charge in [-0.15, -0.1) is 0 Å². The Bertz CT molecular complexity index is 368. The standard InChI is InChI=1S/C13H19ClN2O/c1-13(2,3)16-12(17)9-15-8-10-4-6-11(14)7-5-10/h4-7,15H,8-9H2,1-3H3,(H,16,17). The van der Waals surface area contributed by atoms with Crippen molar-refractivity contribution in [1.82, 2.24) is 10.6 Å². The first-order valence-electron chi connectivity index (χ1n) is 5.63. The van der Waals surface area contributed by atoms with Crippen LogP contribution >= 0.6 is 11.6 Å². The predicted octanol–water partition coefficient (Wildman–Crippen LogP) is 2.34. The first-order chi connectivity index (χ1) is 7.87. The summed E-state index contributed by atoms with van der Waals surface area (Å²) < 4.78 is 0. The van der Waals surface area contributed by atoms with Gasteiger partial charge in [0.1, 0.15) is 0 Å². The normalized spacial score (nSPS) is 11.3. The second kappa shape index (κ2) is 6.03. The van der Waals surface area contributed by atoms with Crippen molar-refractivity contribution in [1.29, 1.82) is 0 Å². The Morgan fingerprint density at radius 2 is 1.82 bits per heavy atom. The monoisotopic (exact) mass is 254 g/mol. The zero-order valence-corrected chi connectivity index (χ0v) is 11.3. The second-order valence-electron chi connectivity index (χ2n) is 5.03. The number of hydrogen-bond donors (Lipinski definition) is 2. The van der Waals surface area contributed by atoms with E-state index in [1.807, 2.05) is 45.0 Å². The van der Waals surface area contributed by atoms with Crippen molar-refractivity contribution in [3.8, 4) is 0 Å². The van der Waals surface area contributed by atoms with Gasteiger partial charge in [0.15, 0.2) is 0 Å². The van der Waals surface area contributed by atoms with Gasteiger partial charge in [0.05, 0.1) is 6.54 Å². The summed E-state index contributed by atoms with van der Waals surface area (Å²) in [7, 11) is 0. The Kier molecular flexibility index (Phi) is 4.97. The molecule has 0 saturated heterocycles. The first-order valence-corrected chi connectivity index (χ1v) is 6.01. The van der Waals surface area contributed by atoms with Crippen LogP contribution in [-0.2, 0) is 11.3 Å². The van der Waals surface area contributed by atoms with E-state index in [0.29, 0.717) is 13.1 Å². The van der Waals surface area contributed by atoms with E-state index in [4.69, 9.17) is 11.6 Å². The van der Waals surface area contributed by atoms with Crippen LogP contribution in [0.3, 0.4) is 0 Å². The van der Waals surface area contributed by atoms with Gasteiger partial charge in [-0.1, -0.05) is 23.7 Å². The van der Waals surface area contributed by atoms with E-state index in [0.717, 1.165) is 10.6 Å². The van der Waals surface area contributed by atoms with Crippen molar-refractivity contribution in [2.75, 3.05) is 6.54 Å². The fourth-order valence-corrected chi connectivity index (χ4v) is 1.51. The van der Waals surface area contributed by atoms with Crippen LogP contribution in [0.5, 0.6) is 0 Å². The number of rotatable bonds is 4. The van der Waals surface area contributed by atoms with Crippen molar-refractivity contribution < 1.29 is 4.79 Å². The third-order valence-electron chi connectivity index (χ3n) is 2.04. The minimum absolute atomic E-state index is 0.00598. The van der Waals surface area contributed by atoms with Crippen molar-refractivity contribution in [2.24, 2.45) is 0 Å². The molecule has 4 heteroatoms. The van der Waals surface area contributed by atoms with E-state index in [9.17, 15) is 4.79 Å². The average Bonchev–Trinajstić information content (AvgIpc) is 2.18. The summed E-state index contributed by atoms with van der Waals surface area (Å²) in [4.78, 5) is 11.5. The maximum absolute atomic E-state index is 11.5. The van der Waals surface area contributed by atoms with E-state index >= 15 is 0 Å². The predicted molar refractivity (Wildman–Crippen MR) is 71.1 cm³/mol. The number of carbonyl (C=O) groups is 1. The Labute approximate surface area is 108 Å². The average molecular weight is 255 g/mol. The van der Waals surface area contributed by atoms with Gasteiger partial charge in [0, 0.05) is 17.1 Å². The van der Waals surface area contributed by atoms with E-state index < -0.39 is 0 Å². The highest BCUT2D eigenvalue weighted by Gasteiger charge is 2.12. The lowest BCUT2D eigenvalue weighted by Crippen LogP contribution is -2.44. The lowest BCUT2D eigenvalue weighted by atomic mass is 10.1. The quantitative estimate of drug-likeness (QED) is 0.866. The second-order valence-corrected chi connectivity index (χ2v) is 5.46. The van der Waals surface area contributed by atoms with Crippen LogP contribution in [0.1, 0.15) is 26.3 Å². The smallest absolute Gasteiger partial charge is 0.234 e. The summed E-state index contributed by atoms with van der Waals surface area (Å²) >= 11 is 5.78. The Balaban J connectivity index is 2.28. The van der Waals surface area contributed by atoms with Crippen LogP contribution in [0.25, 0.3) is 0 Å². The maximum atomic E-state index is 11.5. The number of hydrogen-bond acceptors (Lipinski definition) is 2. The van der Waals surface area contributed by atoms with E-state index in [-0.39, 0.29) is 11.4 Å². The van der Waals surface area contributed by atoms with Crippen molar-refractivity contribution in [3.63, 3.8) is 0 Å². The van der Waals surface area contributed by atoms with Crippen molar-refractivity contribution in [2.45, 2.75) is 32.9 Å². The molecule has 94 valence electrons. The molecule has 0 aliphatic carbocycles. The largest absolute Gasteiger partial charge is 0.350 e. The number of carbonyl (C=O) groups excluding carboxylic acids is 1. The number of halogens is 1. The third-order valence-corrected chi connectivity index (χ3v) is 2.29. The molecular formula is C13H19ClN2O. The highest BCUT2D eigenvalue weighted by molar-refractivity contribution is 6.30. The van der Waals surface area contributed by atoms with Gasteiger partial charge in [-0.05, 0) is 38.5 Å². The number of amides is 1. The molecule has 0 atom stereocenters. The summed E-state index contributed by atoms with van der Waals surface area (Å²) in [5, 5.41) is 6.70. The minimum Gasteiger partial charge on any atom is -0.350 e. The summed E-state index contributed by atoms with van der Waals surface area (Å²) in [5.74, 6) is 0.00598. The summed E-state index contributed by atoms with van der Waals surface area (Å²) in [6.07, 6.45) is 0. The molecule has 1 rings (SSSR count). The van der Waals surface area contributed by atoms with Crippen LogP contribution in [0.4, 0.5) is 0 Å². The molecular weight excluding hydrogens is 236 g/mol. The molecule has 3 nitrogen and oxygen atoms in total. The van der Waals surface area contributed by atoms with Gasteiger partial charge < -0.3 is 10.6 Å². The molecule has 0 aliphatic heterocycles. The van der Waals surface area contributed by atoms with Crippen LogP contribution in [0.2, 0.25) is 5.02 Å². The molecule has 0 spiro atoms.